The van der Waals surface area contributed by atoms with E-state index >= 15 is 0 Å². The molecule has 0 saturated carbocycles. The van der Waals surface area contributed by atoms with Crippen LogP contribution in [0.25, 0.3) is 0 Å². The molecule has 0 aromatic carbocycles. The maximum Gasteiger partial charge on any atom is 0.323 e. The van der Waals surface area contributed by atoms with Crippen molar-refractivity contribution in [1.82, 2.24) is 4.90 Å². The number of likely N-dealkylation sites (N-methyl/N-ethyl adjacent to an activating group) is 1. The molecule has 0 aliphatic carbocycles. The number of allylic oxidation sites excluding steroid dienone is 1. The molecule has 0 unspecified atom stereocenters. The van der Waals surface area contributed by atoms with E-state index in [-0.39, 0.29) is 0 Å². The second kappa shape index (κ2) is 13.7. The fraction of sp³-hybridized carbons (Fsp3) is 0.667. The minimum Gasteiger partial charge on any atom is -0.357 e. The number of amidine groups is 1. The maximum atomic E-state index is 9.87. The van der Waals surface area contributed by atoms with Crippen LogP contribution in [0, 0.1) is 0 Å². The van der Waals surface area contributed by atoms with Crippen molar-refractivity contribution in [3.05, 3.63) is 12.2 Å². The predicted molar refractivity (Wildman–Crippen MR) is 68.3 cm³/mol. The van der Waals surface area contributed by atoms with Crippen molar-refractivity contribution in [2.45, 2.75) is 40.5 Å². The summed E-state index contributed by atoms with van der Waals surface area (Å²) in [7, 11) is 1.89. The van der Waals surface area contributed by atoms with Gasteiger partial charge in [0.1, 0.15) is 5.84 Å². The van der Waals surface area contributed by atoms with Crippen molar-refractivity contribution in [1.29, 1.82) is 0 Å². The molecule has 0 N–H and O–H groups in total. The maximum absolute atomic E-state index is 9.87. The van der Waals surface area contributed by atoms with Gasteiger partial charge in [0.05, 0.1) is 0 Å². The van der Waals surface area contributed by atoms with Crippen LogP contribution >= 0.6 is 0 Å². The zero-order valence-electron chi connectivity index (χ0n) is 11.1. The molecule has 0 bridgehead atoms. The molecule has 0 atom stereocenters. The molecule has 0 aromatic rings. The molecule has 0 heterocycles. The van der Waals surface area contributed by atoms with Gasteiger partial charge in [-0.25, -0.2) is 0 Å². The fourth-order valence-corrected chi connectivity index (χ4v) is 0.817. The van der Waals surface area contributed by atoms with Crippen LogP contribution in [0.2, 0.25) is 0 Å². The molecule has 0 amide bonds. The third-order valence-corrected chi connectivity index (χ3v) is 1.78. The van der Waals surface area contributed by atoms with E-state index in [2.05, 4.69) is 29.1 Å². The molecule has 0 spiro atoms. The number of nitrogens with zero attached hydrogens (tertiary/aromatic N) is 2. The number of carbonyl (C=O) groups is 1. The van der Waals surface area contributed by atoms with Gasteiger partial charge in [0, 0.05) is 13.6 Å². The average molecular weight is 228 g/mol. The molecule has 0 aliphatic rings. The van der Waals surface area contributed by atoms with Crippen molar-refractivity contribution in [2.75, 3.05) is 13.6 Å². The van der Waals surface area contributed by atoms with Crippen molar-refractivity contribution >= 4 is 12.3 Å². The van der Waals surface area contributed by atoms with Crippen molar-refractivity contribution in [2.24, 2.45) is 5.16 Å². The molecule has 0 rings (SSSR count). The highest BCUT2D eigenvalue weighted by atomic mass is 16.7. The summed E-state index contributed by atoms with van der Waals surface area (Å²) in [6.07, 6.45) is 6.45. The summed E-state index contributed by atoms with van der Waals surface area (Å²) in [5.74, 6) is 0.679. The zero-order chi connectivity index (χ0) is 12.8. The Bertz CT molecular complexity index is 213. The highest BCUT2D eigenvalue weighted by Gasteiger charge is 1.97. The van der Waals surface area contributed by atoms with Gasteiger partial charge in [0.25, 0.3) is 0 Å². The monoisotopic (exact) mass is 228 g/mol. The Kier molecular flexibility index (Phi) is 14.6. The van der Waals surface area contributed by atoms with Gasteiger partial charge in [-0.2, -0.15) is 0 Å². The highest BCUT2D eigenvalue weighted by molar-refractivity contribution is 5.79. The van der Waals surface area contributed by atoms with E-state index in [4.69, 9.17) is 0 Å². The lowest BCUT2D eigenvalue weighted by molar-refractivity contribution is -0.128. The molecule has 94 valence electrons. The van der Waals surface area contributed by atoms with E-state index in [1.807, 2.05) is 25.8 Å². The molecule has 4 heteroatoms. The summed E-state index contributed by atoms with van der Waals surface area (Å²) in [6, 6.07) is 0. The number of carbonyl (C=O) groups excluding carboxylic acids is 1. The van der Waals surface area contributed by atoms with Crippen LogP contribution in [-0.2, 0) is 9.63 Å². The average Bonchev–Trinajstić information content (AvgIpc) is 2.33. The van der Waals surface area contributed by atoms with E-state index in [0.717, 1.165) is 19.4 Å². The van der Waals surface area contributed by atoms with E-state index in [1.54, 1.807) is 6.92 Å². The first kappa shape index (κ1) is 17.1. The fourth-order valence-electron chi connectivity index (χ4n) is 0.817. The molecule has 0 radical (unpaired) electrons. The Labute approximate surface area is 99.0 Å². The van der Waals surface area contributed by atoms with Crippen LogP contribution in [0.1, 0.15) is 40.5 Å². The minimum absolute atomic E-state index is 0.310. The molecule has 0 aliphatic heterocycles. The van der Waals surface area contributed by atoms with Crippen molar-refractivity contribution < 1.29 is 9.63 Å². The first-order valence-electron chi connectivity index (χ1n) is 5.72. The number of oxime groups is 1. The Morgan fingerprint density at radius 2 is 2.00 bits per heavy atom. The van der Waals surface area contributed by atoms with E-state index < -0.39 is 0 Å². The Hall–Kier alpha value is -1.32. The lowest BCUT2D eigenvalue weighted by Crippen LogP contribution is -2.24. The van der Waals surface area contributed by atoms with Crippen LogP contribution in [-0.4, -0.2) is 30.8 Å². The van der Waals surface area contributed by atoms with Crippen molar-refractivity contribution in [3.8, 4) is 0 Å². The molecular formula is C12H24N2O2. The molecular weight excluding hydrogens is 204 g/mol. The van der Waals surface area contributed by atoms with Gasteiger partial charge in [-0.3, -0.25) is 4.79 Å². The van der Waals surface area contributed by atoms with Crippen molar-refractivity contribution in [3.63, 3.8) is 0 Å². The van der Waals surface area contributed by atoms with Crippen LogP contribution in [0.5, 0.6) is 0 Å². The Morgan fingerprint density at radius 1 is 1.38 bits per heavy atom. The third kappa shape index (κ3) is 10.8. The van der Waals surface area contributed by atoms with Gasteiger partial charge in [-0.05, 0) is 13.3 Å². The SMILES string of the molecule is CC.CCC/C=C\CN(C)/C(C)=N\OC=O. The van der Waals surface area contributed by atoms with Crippen LogP contribution in [0.3, 0.4) is 0 Å². The number of rotatable bonds is 6. The summed E-state index contributed by atoms with van der Waals surface area (Å²) >= 11 is 0. The van der Waals surface area contributed by atoms with Crippen LogP contribution < -0.4 is 0 Å². The molecule has 16 heavy (non-hydrogen) atoms. The van der Waals surface area contributed by atoms with E-state index in [9.17, 15) is 4.79 Å². The highest BCUT2D eigenvalue weighted by Crippen LogP contribution is 1.92. The van der Waals surface area contributed by atoms with E-state index in [1.165, 1.54) is 0 Å². The van der Waals surface area contributed by atoms with Crippen LogP contribution in [0.15, 0.2) is 17.3 Å². The Morgan fingerprint density at radius 3 is 2.50 bits per heavy atom. The third-order valence-electron chi connectivity index (χ3n) is 1.78. The largest absolute Gasteiger partial charge is 0.357 e. The second-order valence-corrected chi connectivity index (χ2v) is 2.98. The van der Waals surface area contributed by atoms with E-state index in [0.29, 0.717) is 12.3 Å². The number of hydrogen-bond acceptors (Lipinski definition) is 3. The first-order valence-corrected chi connectivity index (χ1v) is 5.72. The smallest absolute Gasteiger partial charge is 0.323 e. The normalized spacial score (nSPS) is 10.7. The molecule has 0 fully saturated rings. The standard InChI is InChI=1S/C10H18N2O2.C2H6/c1-4-5-6-7-8-12(3)10(2)11-14-9-13;1-2/h6-7,9H,4-5,8H2,1-3H3;1-2H3/b7-6-,11-10-;. The summed E-state index contributed by atoms with van der Waals surface area (Å²) in [5, 5.41) is 3.58. The summed E-state index contributed by atoms with van der Waals surface area (Å²) in [4.78, 5) is 16.1. The van der Waals surface area contributed by atoms with Gasteiger partial charge in [-0.15, -0.1) is 0 Å². The number of unbranched alkanes of at least 4 members (excludes halogenated alkanes) is 1. The summed E-state index contributed by atoms with van der Waals surface area (Å²) in [6.45, 7) is 9.01. The summed E-state index contributed by atoms with van der Waals surface area (Å²) < 4.78 is 0. The quantitative estimate of drug-likeness (QED) is 0.175. The predicted octanol–water partition coefficient (Wildman–Crippen LogP) is 2.81. The van der Waals surface area contributed by atoms with Gasteiger partial charge in [0.15, 0.2) is 0 Å². The van der Waals surface area contributed by atoms with Gasteiger partial charge < -0.3 is 9.74 Å². The van der Waals surface area contributed by atoms with Gasteiger partial charge in [-0.1, -0.05) is 44.5 Å². The molecule has 4 nitrogen and oxygen atoms in total. The molecule has 0 saturated heterocycles. The topological polar surface area (TPSA) is 41.9 Å². The zero-order valence-corrected chi connectivity index (χ0v) is 11.1. The summed E-state index contributed by atoms with van der Waals surface area (Å²) in [5.41, 5.74) is 0. The number of hydrogen-bond donors (Lipinski definition) is 0. The minimum atomic E-state index is 0.310. The lowest BCUT2D eigenvalue weighted by atomic mass is 10.3. The lowest BCUT2D eigenvalue weighted by Gasteiger charge is -2.14. The van der Waals surface area contributed by atoms with Gasteiger partial charge >= 0.3 is 6.47 Å². The van der Waals surface area contributed by atoms with Gasteiger partial charge in [0.2, 0.25) is 0 Å². The first-order chi connectivity index (χ1) is 7.72. The second-order valence-electron chi connectivity index (χ2n) is 2.98. The molecule has 0 aromatic heterocycles. The Balaban J connectivity index is 0. The van der Waals surface area contributed by atoms with Crippen LogP contribution in [0.4, 0.5) is 0 Å².